The van der Waals surface area contributed by atoms with E-state index in [1.54, 1.807) is 31.4 Å². The second-order valence-electron chi connectivity index (χ2n) is 3.88. The summed E-state index contributed by atoms with van der Waals surface area (Å²) >= 11 is -0.229. The first-order valence-corrected chi connectivity index (χ1v) is 9.32. The molecule has 0 aliphatic heterocycles. The van der Waals surface area contributed by atoms with Gasteiger partial charge in [-0.25, -0.2) is 0 Å². The number of benzene rings is 2. The normalized spacial score (nSPS) is 10.0. The van der Waals surface area contributed by atoms with Crippen LogP contribution >= 0.6 is 0 Å². The van der Waals surface area contributed by atoms with E-state index in [0.717, 1.165) is 11.4 Å². The molecule has 4 heteroatoms. The Morgan fingerprint density at radius 3 is 2.42 bits per heavy atom. The Labute approximate surface area is 123 Å². The predicted octanol–water partition coefficient (Wildman–Crippen LogP) is 2.33. The van der Waals surface area contributed by atoms with Gasteiger partial charge < -0.3 is 0 Å². The van der Waals surface area contributed by atoms with Gasteiger partial charge in [0.05, 0.1) is 0 Å². The van der Waals surface area contributed by atoms with Gasteiger partial charge >= 0.3 is 123 Å². The van der Waals surface area contributed by atoms with Crippen LogP contribution in [0.15, 0.2) is 48.5 Å². The molecule has 19 heavy (non-hydrogen) atoms. The average molecular weight is 369 g/mol. The van der Waals surface area contributed by atoms with Gasteiger partial charge in [0.15, 0.2) is 0 Å². The van der Waals surface area contributed by atoms with Gasteiger partial charge in [-0.05, 0) is 0 Å². The van der Waals surface area contributed by atoms with Gasteiger partial charge in [0.2, 0.25) is 0 Å². The summed E-state index contributed by atoms with van der Waals surface area (Å²) in [4.78, 5) is 14.3. The molecule has 0 bridgehead atoms. The zero-order valence-corrected chi connectivity index (χ0v) is 13.2. The molecule has 0 aliphatic rings. The van der Waals surface area contributed by atoms with E-state index in [2.05, 4.69) is 16.4 Å². The van der Waals surface area contributed by atoms with E-state index in [1.165, 1.54) is 3.61 Å². The number of amides is 1. The van der Waals surface area contributed by atoms with Crippen molar-refractivity contribution in [3.8, 4) is 5.75 Å². The van der Waals surface area contributed by atoms with Crippen LogP contribution < -0.4 is 13.7 Å². The topological polar surface area (TPSA) is 38.3 Å². The summed E-state index contributed by atoms with van der Waals surface area (Å²) in [6.07, 6.45) is 0. The summed E-state index contributed by atoms with van der Waals surface area (Å²) in [7, 11) is 1.61. The summed E-state index contributed by atoms with van der Waals surface area (Å²) in [5.41, 5.74) is 1.56. The maximum atomic E-state index is 12.1. The molecule has 0 aromatic heterocycles. The molecule has 1 amide bonds. The van der Waals surface area contributed by atoms with Crippen LogP contribution in [0.2, 0.25) is 4.97 Å². The summed E-state index contributed by atoms with van der Waals surface area (Å²) in [5.74, 6) is 0.661. The molecule has 0 spiro atoms. The predicted molar refractivity (Wildman–Crippen MR) is 78.6 cm³/mol. The molecule has 2 aromatic carbocycles. The van der Waals surface area contributed by atoms with Crippen molar-refractivity contribution >= 4 is 36.1 Å². The number of methoxy groups -OCH3 is 1. The van der Waals surface area contributed by atoms with Gasteiger partial charge in [0.25, 0.3) is 0 Å². The second-order valence-corrected chi connectivity index (χ2v) is 6.30. The van der Waals surface area contributed by atoms with E-state index >= 15 is 0 Å². The van der Waals surface area contributed by atoms with Crippen molar-refractivity contribution in [3.05, 3.63) is 54.1 Å². The van der Waals surface area contributed by atoms with Crippen LogP contribution in [0.25, 0.3) is 0 Å². The van der Waals surface area contributed by atoms with Gasteiger partial charge in [-0.1, -0.05) is 0 Å². The van der Waals surface area contributed by atoms with Crippen LogP contribution in [0, 0.1) is 0 Å². The molecule has 2 rings (SSSR count). The molecule has 0 unspecified atom stereocenters. The molecule has 98 valence electrons. The van der Waals surface area contributed by atoms with Crippen molar-refractivity contribution in [1.82, 2.24) is 0 Å². The van der Waals surface area contributed by atoms with Gasteiger partial charge in [0.1, 0.15) is 0 Å². The van der Waals surface area contributed by atoms with Gasteiger partial charge in [-0.3, -0.25) is 0 Å². The molecule has 0 radical (unpaired) electrons. The third-order valence-corrected chi connectivity index (χ3v) is 4.98. The number of hydrogen-bond acceptors (Lipinski definition) is 2. The molecular weight excluding hydrogens is 354 g/mol. The molecular formula is C15H15NO2Te. The molecule has 0 heterocycles. The minimum atomic E-state index is -0.229. The van der Waals surface area contributed by atoms with E-state index in [0.29, 0.717) is 5.56 Å². The van der Waals surface area contributed by atoms with Gasteiger partial charge in [0, 0.05) is 0 Å². The number of hydrogen-bond donors (Lipinski definition) is 1. The first-order valence-electron chi connectivity index (χ1n) is 5.83. The van der Waals surface area contributed by atoms with Crippen LogP contribution in [0.3, 0.4) is 0 Å². The third kappa shape index (κ3) is 3.50. The quantitative estimate of drug-likeness (QED) is 0.841. The Hall–Kier alpha value is -1.50. The van der Waals surface area contributed by atoms with Crippen molar-refractivity contribution in [3.63, 3.8) is 0 Å². The molecule has 0 atom stereocenters. The number of carbonyl (C=O) groups is 1. The summed E-state index contributed by atoms with van der Waals surface area (Å²) in [5, 5.41) is 2.97. The van der Waals surface area contributed by atoms with Crippen molar-refractivity contribution in [2.75, 3.05) is 12.4 Å². The van der Waals surface area contributed by atoms with Crippen molar-refractivity contribution in [2.24, 2.45) is 0 Å². The number of para-hydroxylation sites is 1. The van der Waals surface area contributed by atoms with Crippen LogP contribution in [0.1, 0.15) is 10.4 Å². The van der Waals surface area contributed by atoms with E-state index in [4.69, 9.17) is 4.74 Å². The summed E-state index contributed by atoms with van der Waals surface area (Å²) < 4.78 is 6.34. The van der Waals surface area contributed by atoms with Crippen molar-refractivity contribution in [2.45, 2.75) is 4.97 Å². The zero-order valence-electron chi connectivity index (χ0n) is 10.8. The standard InChI is InChI=1S/C15H15NO2Te/c1-18-12-9-7-11(8-10-12)15(17)16-13-5-3-4-6-14(13)19-2/h3-10H,1-2H3,(H,16,17). The molecule has 0 aliphatic carbocycles. The Balaban J connectivity index is 2.16. The number of anilines is 1. The van der Waals surface area contributed by atoms with E-state index < -0.39 is 0 Å². The van der Waals surface area contributed by atoms with Crippen LogP contribution in [-0.4, -0.2) is 33.9 Å². The first kappa shape index (κ1) is 13.9. The Bertz CT molecular complexity index is 567. The number of carbonyl (C=O) groups excluding carboxylic acids is 1. The first-order chi connectivity index (χ1) is 9.24. The summed E-state index contributed by atoms with van der Waals surface area (Å²) in [6.45, 7) is 0. The average Bonchev–Trinajstić information content (AvgIpc) is 2.48. The SMILES string of the molecule is COc1ccc(C(=O)Nc2ccccc2[Te]C)cc1. The number of ether oxygens (including phenoxy) is 1. The van der Waals surface area contributed by atoms with E-state index in [1.807, 2.05) is 18.2 Å². The Morgan fingerprint density at radius 2 is 1.79 bits per heavy atom. The van der Waals surface area contributed by atoms with Crippen molar-refractivity contribution in [1.29, 1.82) is 0 Å². The number of rotatable bonds is 4. The van der Waals surface area contributed by atoms with Crippen molar-refractivity contribution < 1.29 is 9.53 Å². The Kier molecular flexibility index (Phi) is 4.84. The fourth-order valence-corrected chi connectivity index (χ4v) is 3.26. The molecule has 2 aromatic rings. The molecule has 3 nitrogen and oxygen atoms in total. The van der Waals surface area contributed by atoms with E-state index in [-0.39, 0.29) is 26.8 Å². The fourth-order valence-electron chi connectivity index (χ4n) is 1.68. The third-order valence-electron chi connectivity index (χ3n) is 2.71. The van der Waals surface area contributed by atoms with Crippen LogP contribution in [-0.2, 0) is 0 Å². The monoisotopic (exact) mass is 371 g/mol. The number of nitrogens with one attached hydrogen (secondary N) is 1. The molecule has 0 fully saturated rings. The summed E-state index contributed by atoms with van der Waals surface area (Å²) in [6, 6.07) is 15.1. The van der Waals surface area contributed by atoms with E-state index in [9.17, 15) is 4.79 Å². The fraction of sp³-hybridized carbons (Fsp3) is 0.133. The molecule has 0 saturated heterocycles. The second kappa shape index (κ2) is 6.60. The maximum absolute atomic E-state index is 12.1. The van der Waals surface area contributed by atoms with Crippen LogP contribution in [0.5, 0.6) is 5.75 Å². The van der Waals surface area contributed by atoms with Crippen LogP contribution in [0.4, 0.5) is 5.69 Å². The van der Waals surface area contributed by atoms with Gasteiger partial charge in [-0.15, -0.1) is 0 Å². The molecule has 0 saturated carbocycles. The molecule has 1 N–H and O–H groups in total. The Morgan fingerprint density at radius 1 is 1.11 bits per heavy atom. The zero-order chi connectivity index (χ0) is 13.7. The van der Waals surface area contributed by atoms with Gasteiger partial charge in [-0.2, -0.15) is 0 Å². The minimum absolute atomic E-state index is 0.0870.